The Hall–Kier alpha value is 0.270. The van der Waals surface area contributed by atoms with Crippen LogP contribution in [0, 0.1) is 5.92 Å². The van der Waals surface area contributed by atoms with Crippen molar-refractivity contribution in [3.8, 4) is 0 Å². The van der Waals surface area contributed by atoms with Crippen LogP contribution in [0.3, 0.4) is 0 Å². The molecule has 16 heavy (non-hydrogen) atoms. The number of nitrogens with one attached hydrogen (secondary N) is 1. The van der Waals surface area contributed by atoms with E-state index in [0.29, 0.717) is 6.04 Å². The zero-order valence-electron chi connectivity index (χ0n) is 10.6. The molecule has 3 heteroatoms. The molecule has 94 valence electrons. The molecule has 0 aromatic rings. The molecule has 1 aliphatic carbocycles. The van der Waals surface area contributed by atoms with Gasteiger partial charge in [-0.25, -0.2) is 0 Å². The van der Waals surface area contributed by atoms with Gasteiger partial charge in [-0.3, -0.25) is 0 Å². The van der Waals surface area contributed by atoms with Gasteiger partial charge in [-0.15, -0.1) is 0 Å². The quantitative estimate of drug-likeness (QED) is 0.820. The van der Waals surface area contributed by atoms with Gasteiger partial charge in [0.1, 0.15) is 0 Å². The van der Waals surface area contributed by atoms with Crippen molar-refractivity contribution in [1.82, 2.24) is 5.32 Å². The van der Waals surface area contributed by atoms with Gasteiger partial charge in [0.15, 0.2) is 0 Å². The van der Waals surface area contributed by atoms with Gasteiger partial charge in [-0.2, -0.15) is 11.8 Å². The maximum atomic E-state index is 6.09. The Morgan fingerprint density at radius 2 is 2.19 bits per heavy atom. The van der Waals surface area contributed by atoms with Crippen LogP contribution in [0.5, 0.6) is 0 Å². The molecule has 0 aromatic carbocycles. The molecule has 1 saturated heterocycles. The Morgan fingerprint density at radius 1 is 1.44 bits per heavy atom. The van der Waals surface area contributed by atoms with Crippen LogP contribution in [0.4, 0.5) is 0 Å². The fourth-order valence-electron chi connectivity index (χ4n) is 3.41. The first-order valence-corrected chi connectivity index (χ1v) is 7.99. The van der Waals surface area contributed by atoms with Crippen LogP contribution in [-0.2, 0) is 4.74 Å². The number of rotatable bonds is 4. The van der Waals surface area contributed by atoms with Crippen molar-refractivity contribution in [3.63, 3.8) is 0 Å². The van der Waals surface area contributed by atoms with E-state index < -0.39 is 0 Å². The lowest BCUT2D eigenvalue weighted by molar-refractivity contribution is -0.0964. The summed E-state index contributed by atoms with van der Waals surface area (Å²) in [6.07, 6.45) is 10.1. The van der Waals surface area contributed by atoms with E-state index in [4.69, 9.17) is 4.74 Å². The Morgan fingerprint density at radius 3 is 2.81 bits per heavy atom. The molecule has 0 aromatic heterocycles. The highest BCUT2D eigenvalue weighted by molar-refractivity contribution is 7.98. The molecule has 1 saturated carbocycles. The van der Waals surface area contributed by atoms with E-state index in [9.17, 15) is 0 Å². The zero-order valence-corrected chi connectivity index (χ0v) is 11.4. The third-order valence-electron chi connectivity index (χ3n) is 4.33. The highest BCUT2D eigenvalue weighted by Crippen LogP contribution is 2.43. The van der Waals surface area contributed by atoms with Crippen molar-refractivity contribution >= 4 is 11.8 Å². The molecule has 2 rings (SSSR count). The first kappa shape index (κ1) is 12.7. The van der Waals surface area contributed by atoms with E-state index in [0.717, 1.165) is 12.5 Å². The topological polar surface area (TPSA) is 21.3 Å². The van der Waals surface area contributed by atoms with Crippen molar-refractivity contribution in [2.45, 2.75) is 50.2 Å². The third kappa shape index (κ3) is 2.74. The van der Waals surface area contributed by atoms with Crippen molar-refractivity contribution in [1.29, 1.82) is 0 Å². The zero-order chi connectivity index (χ0) is 11.4. The van der Waals surface area contributed by atoms with Crippen molar-refractivity contribution in [2.24, 2.45) is 5.92 Å². The minimum absolute atomic E-state index is 0.274. The molecule has 0 amide bonds. The summed E-state index contributed by atoms with van der Waals surface area (Å²) in [5, 5.41) is 3.50. The Balaban J connectivity index is 1.94. The van der Waals surface area contributed by atoms with Gasteiger partial charge in [-0.05, 0) is 44.9 Å². The minimum atomic E-state index is 0.274. The molecule has 2 atom stereocenters. The Kier molecular flexibility index (Phi) is 4.57. The molecule has 1 aliphatic heterocycles. The van der Waals surface area contributed by atoms with Crippen LogP contribution in [0.1, 0.15) is 38.5 Å². The lowest BCUT2D eigenvalue weighted by Crippen LogP contribution is -2.45. The number of hydrogen-bond acceptors (Lipinski definition) is 3. The molecule has 2 unspecified atom stereocenters. The summed E-state index contributed by atoms with van der Waals surface area (Å²) in [7, 11) is 2.11. The van der Waals surface area contributed by atoms with E-state index in [1.807, 2.05) is 11.8 Å². The molecule has 0 radical (unpaired) electrons. The van der Waals surface area contributed by atoms with E-state index in [1.165, 1.54) is 44.3 Å². The Bertz CT molecular complexity index is 216. The van der Waals surface area contributed by atoms with Crippen LogP contribution < -0.4 is 5.32 Å². The fourth-order valence-corrected chi connectivity index (χ4v) is 4.21. The third-order valence-corrected chi connectivity index (χ3v) is 5.02. The van der Waals surface area contributed by atoms with Gasteiger partial charge in [0, 0.05) is 18.4 Å². The van der Waals surface area contributed by atoms with Gasteiger partial charge in [0.05, 0.1) is 5.60 Å². The predicted octanol–water partition coefficient (Wildman–Crippen LogP) is 2.68. The lowest BCUT2D eigenvalue weighted by atomic mass is 9.81. The van der Waals surface area contributed by atoms with E-state index in [1.54, 1.807) is 0 Å². The summed E-state index contributed by atoms with van der Waals surface area (Å²) in [6, 6.07) is 0.677. The maximum absolute atomic E-state index is 6.09. The highest BCUT2D eigenvalue weighted by atomic mass is 32.2. The van der Waals surface area contributed by atoms with Crippen molar-refractivity contribution in [2.75, 3.05) is 25.7 Å². The van der Waals surface area contributed by atoms with Crippen LogP contribution in [-0.4, -0.2) is 37.3 Å². The summed E-state index contributed by atoms with van der Waals surface area (Å²) in [4.78, 5) is 0. The largest absolute Gasteiger partial charge is 0.375 e. The maximum Gasteiger partial charge on any atom is 0.0685 e. The minimum Gasteiger partial charge on any atom is -0.375 e. The molecule has 2 nitrogen and oxygen atoms in total. The van der Waals surface area contributed by atoms with Crippen molar-refractivity contribution in [3.05, 3.63) is 0 Å². The van der Waals surface area contributed by atoms with Gasteiger partial charge < -0.3 is 10.1 Å². The summed E-state index contributed by atoms with van der Waals surface area (Å²) in [5.41, 5.74) is 0.274. The second kappa shape index (κ2) is 5.74. The van der Waals surface area contributed by atoms with E-state index >= 15 is 0 Å². The van der Waals surface area contributed by atoms with E-state index in [-0.39, 0.29) is 5.60 Å². The Labute approximate surface area is 104 Å². The smallest absolute Gasteiger partial charge is 0.0685 e. The molecule has 0 bridgehead atoms. The molecule has 2 fully saturated rings. The van der Waals surface area contributed by atoms with Gasteiger partial charge in [0.25, 0.3) is 0 Å². The van der Waals surface area contributed by atoms with Crippen LogP contribution in [0.25, 0.3) is 0 Å². The average Bonchev–Trinajstić information content (AvgIpc) is 2.74. The number of hydrogen-bond donors (Lipinski definition) is 1. The molecule has 1 heterocycles. The fraction of sp³-hybridized carbons (Fsp3) is 1.00. The average molecular weight is 243 g/mol. The molecule has 2 aliphatic rings. The summed E-state index contributed by atoms with van der Waals surface area (Å²) in [6.45, 7) is 0.983. The van der Waals surface area contributed by atoms with Crippen molar-refractivity contribution < 1.29 is 4.74 Å². The second-order valence-electron chi connectivity index (χ2n) is 5.34. The van der Waals surface area contributed by atoms with Gasteiger partial charge >= 0.3 is 0 Å². The highest BCUT2D eigenvalue weighted by Gasteiger charge is 2.41. The molecular weight excluding hydrogens is 218 g/mol. The van der Waals surface area contributed by atoms with E-state index in [2.05, 4.69) is 18.6 Å². The normalized spacial score (nSPS) is 30.8. The summed E-state index contributed by atoms with van der Waals surface area (Å²) >= 11 is 1.96. The monoisotopic (exact) mass is 243 g/mol. The van der Waals surface area contributed by atoms with Gasteiger partial charge in [0.2, 0.25) is 0 Å². The van der Waals surface area contributed by atoms with Crippen LogP contribution in [0.15, 0.2) is 0 Å². The molecule has 1 N–H and O–H groups in total. The molecular formula is C13H25NOS. The number of thioether (sulfide) groups is 1. The number of ether oxygens (including phenoxy) is 1. The van der Waals surface area contributed by atoms with Crippen LogP contribution in [0.2, 0.25) is 0 Å². The lowest BCUT2D eigenvalue weighted by Gasteiger charge is -2.41. The first-order chi connectivity index (χ1) is 7.79. The SMILES string of the molecule is CNC(CSC)C1CCOC2(CCCC2)C1. The predicted molar refractivity (Wildman–Crippen MR) is 71.1 cm³/mol. The summed E-state index contributed by atoms with van der Waals surface area (Å²) < 4.78 is 6.09. The standard InChI is InChI=1S/C13H25NOS/c1-14-12(10-16-2)11-5-8-15-13(9-11)6-3-4-7-13/h11-12,14H,3-10H2,1-2H3. The van der Waals surface area contributed by atoms with Crippen LogP contribution >= 0.6 is 11.8 Å². The molecule has 1 spiro atoms. The summed E-state index contributed by atoms with van der Waals surface area (Å²) in [5.74, 6) is 2.06. The second-order valence-corrected chi connectivity index (χ2v) is 6.25. The first-order valence-electron chi connectivity index (χ1n) is 6.60. The van der Waals surface area contributed by atoms with Gasteiger partial charge in [-0.1, -0.05) is 12.8 Å².